The van der Waals surface area contributed by atoms with Gasteiger partial charge in [-0.3, -0.25) is 0 Å². The van der Waals surface area contributed by atoms with E-state index in [-0.39, 0.29) is 0 Å². The third-order valence-electron chi connectivity index (χ3n) is 1.23. The standard InChI is InChI=1S/C7H11B/c1-4-6(3)7(8)5-2/h4-5H,1-2,8H2,3H3/b7-6+. The molecule has 0 amide bonds. The summed E-state index contributed by atoms with van der Waals surface area (Å²) in [7, 11) is 2.02. The summed E-state index contributed by atoms with van der Waals surface area (Å²) in [6, 6.07) is 0. The highest BCUT2D eigenvalue weighted by molar-refractivity contribution is 6.23. The van der Waals surface area contributed by atoms with Crippen molar-refractivity contribution in [2.24, 2.45) is 0 Å². The van der Waals surface area contributed by atoms with Gasteiger partial charge in [0.1, 0.15) is 7.85 Å². The fraction of sp³-hybridized carbons (Fsp3) is 0.143. The molecule has 1 heteroatoms. The summed E-state index contributed by atoms with van der Waals surface area (Å²) in [6.07, 6.45) is 3.66. The summed E-state index contributed by atoms with van der Waals surface area (Å²) in [6.45, 7) is 9.27. The molecule has 0 aliphatic heterocycles. The third-order valence-corrected chi connectivity index (χ3v) is 1.23. The maximum atomic E-state index is 3.62. The highest BCUT2D eigenvalue weighted by Gasteiger charge is 1.82. The molecule has 0 radical (unpaired) electrons. The lowest BCUT2D eigenvalue weighted by molar-refractivity contribution is 1.51. The lowest BCUT2D eigenvalue weighted by Gasteiger charge is -1.92. The molecule has 0 aromatic rings. The Morgan fingerprint density at radius 2 is 1.88 bits per heavy atom. The third kappa shape index (κ3) is 1.83. The van der Waals surface area contributed by atoms with Gasteiger partial charge in [-0.05, 0) is 6.92 Å². The van der Waals surface area contributed by atoms with Crippen LogP contribution in [0.15, 0.2) is 36.4 Å². The van der Waals surface area contributed by atoms with Crippen LogP contribution in [0, 0.1) is 0 Å². The SMILES string of the molecule is B/C(C=C)=C(\C)C=C. The zero-order valence-electron chi connectivity index (χ0n) is 5.57. The van der Waals surface area contributed by atoms with Crippen LogP contribution in [-0.2, 0) is 0 Å². The number of hydrogen-bond donors (Lipinski definition) is 0. The first-order valence-corrected chi connectivity index (χ1v) is 2.64. The number of allylic oxidation sites excluding steroid dienone is 4. The predicted octanol–water partition coefficient (Wildman–Crippen LogP) is 1.27. The first-order valence-electron chi connectivity index (χ1n) is 2.64. The maximum absolute atomic E-state index is 3.62. The van der Waals surface area contributed by atoms with Crippen molar-refractivity contribution in [1.82, 2.24) is 0 Å². The van der Waals surface area contributed by atoms with E-state index in [1.807, 2.05) is 26.9 Å². The average molecular weight is 106 g/mol. The van der Waals surface area contributed by atoms with Crippen molar-refractivity contribution in [3.63, 3.8) is 0 Å². The molecule has 0 atom stereocenters. The van der Waals surface area contributed by atoms with Crippen molar-refractivity contribution in [2.75, 3.05) is 0 Å². The second-order valence-corrected chi connectivity index (χ2v) is 1.77. The molecule has 0 heterocycles. The molecule has 0 unspecified atom stereocenters. The zero-order valence-corrected chi connectivity index (χ0v) is 5.57. The molecule has 0 spiro atoms. The largest absolute Gasteiger partial charge is 0.139 e. The monoisotopic (exact) mass is 106 g/mol. The maximum Gasteiger partial charge on any atom is 0.139 e. The lowest BCUT2D eigenvalue weighted by Crippen LogP contribution is -1.77. The molecule has 0 aromatic carbocycles. The molecule has 42 valence electrons. The van der Waals surface area contributed by atoms with Gasteiger partial charge in [0.25, 0.3) is 0 Å². The Balaban J connectivity index is 4.25. The highest BCUT2D eigenvalue weighted by Crippen LogP contribution is 1.99. The van der Waals surface area contributed by atoms with E-state index in [0.29, 0.717) is 0 Å². The summed E-state index contributed by atoms with van der Waals surface area (Å²) in [5.74, 6) is 0. The molecule has 0 nitrogen and oxygen atoms in total. The number of hydrogen-bond acceptors (Lipinski definition) is 0. The van der Waals surface area contributed by atoms with E-state index in [1.165, 1.54) is 11.0 Å². The first-order chi connectivity index (χ1) is 3.72. The Bertz CT molecular complexity index is 115. The van der Waals surface area contributed by atoms with Crippen LogP contribution in [0.1, 0.15) is 6.92 Å². The normalized spacial score (nSPS) is 12.1. The van der Waals surface area contributed by atoms with Crippen molar-refractivity contribution in [3.05, 3.63) is 36.4 Å². The molecule has 0 aromatic heterocycles. The van der Waals surface area contributed by atoms with E-state index >= 15 is 0 Å². The van der Waals surface area contributed by atoms with Crippen molar-refractivity contribution >= 4 is 7.85 Å². The van der Waals surface area contributed by atoms with Crippen molar-refractivity contribution in [1.29, 1.82) is 0 Å². The van der Waals surface area contributed by atoms with Gasteiger partial charge in [-0.15, -0.1) is 0 Å². The van der Waals surface area contributed by atoms with Crippen LogP contribution in [0.5, 0.6) is 0 Å². The fourth-order valence-electron chi connectivity index (χ4n) is 0.322. The van der Waals surface area contributed by atoms with E-state index in [1.54, 1.807) is 0 Å². The molecule has 0 N–H and O–H groups in total. The summed E-state index contributed by atoms with van der Waals surface area (Å²) in [4.78, 5) is 0. The fourth-order valence-corrected chi connectivity index (χ4v) is 0.322. The van der Waals surface area contributed by atoms with E-state index in [4.69, 9.17) is 0 Å². The van der Waals surface area contributed by atoms with Gasteiger partial charge in [0.15, 0.2) is 0 Å². The van der Waals surface area contributed by atoms with Crippen LogP contribution in [0.3, 0.4) is 0 Å². The topological polar surface area (TPSA) is 0 Å². The average Bonchev–Trinajstić information content (AvgIpc) is 1.84. The van der Waals surface area contributed by atoms with Gasteiger partial charge >= 0.3 is 0 Å². The quantitative estimate of drug-likeness (QED) is 0.367. The van der Waals surface area contributed by atoms with E-state index < -0.39 is 0 Å². The minimum Gasteiger partial charge on any atom is -0.0996 e. The summed E-state index contributed by atoms with van der Waals surface area (Å²) >= 11 is 0. The van der Waals surface area contributed by atoms with Gasteiger partial charge in [0, 0.05) is 0 Å². The van der Waals surface area contributed by atoms with Crippen molar-refractivity contribution < 1.29 is 0 Å². The Kier molecular flexibility index (Phi) is 3.01. The Morgan fingerprint density at radius 3 is 2.00 bits per heavy atom. The second kappa shape index (κ2) is 3.31. The molecule has 0 saturated heterocycles. The van der Waals surface area contributed by atoms with E-state index in [0.717, 1.165) is 0 Å². The minimum atomic E-state index is 1.19. The number of rotatable bonds is 2. The van der Waals surface area contributed by atoms with Crippen molar-refractivity contribution in [3.8, 4) is 0 Å². The highest BCUT2D eigenvalue weighted by atomic mass is 13.8. The minimum absolute atomic E-state index is 1.19. The molecule has 0 aliphatic rings. The van der Waals surface area contributed by atoms with Crippen LogP contribution < -0.4 is 0 Å². The Morgan fingerprint density at radius 1 is 1.38 bits per heavy atom. The van der Waals surface area contributed by atoms with Gasteiger partial charge in [-0.25, -0.2) is 0 Å². The predicted molar refractivity (Wildman–Crippen MR) is 41.6 cm³/mol. The second-order valence-electron chi connectivity index (χ2n) is 1.77. The van der Waals surface area contributed by atoms with Gasteiger partial charge in [-0.2, -0.15) is 0 Å². The van der Waals surface area contributed by atoms with Gasteiger partial charge in [0.2, 0.25) is 0 Å². The molecule has 0 saturated carbocycles. The van der Waals surface area contributed by atoms with Gasteiger partial charge in [-0.1, -0.05) is 36.4 Å². The Labute approximate surface area is 52.0 Å². The molecular weight excluding hydrogens is 94.9 g/mol. The lowest BCUT2D eigenvalue weighted by atomic mass is 9.91. The van der Waals surface area contributed by atoms with Crippen LogP contribution in [-0.4, -0.2) is 7.85 Å². The summed E-state index contributed by atoms with van der Waals surface area (Å²) < 4.78 is 0. The molecule has 0 fully saturated rings. The van der Waals surface area contributed by atoms with Crippen LogP contribution in [0.4, 0.5) is 0 Å². The summed E-state index contributed by atoms with van der Waals surface area (Å²) in [5.41, 5.74) is 2.39. The van der Waals surface area contributed by atoms with Gasteiger partial charge < -0.3 is 0 Å². The van der Waals surface area contributed by atoms with Crippen molar-refractivity contribution in [2.45, 2.75) is 6.92 Å². The summed E-state index contributed by atoms with van der Waals surface area (Å²) in [5, 5.41) is 0. The molecule has 8 heavy (non-hydrogen) atoms. The molecule has 0 aliphatic carbocycles. The Hall–Kier alpha value is -0.715. The van der Waals surface area contributed by atoms with Crippen LogP contribution in [0.25, 0.3) is 0 Å². The molecule has 0 bridgehead atoms. The van der Waals surface area contributed by atoms with Gasteiger partial charge in [0.05, 0.1) is 0 Å². The van der Waals surface area contributed by atoms with Crippen LogP contribution >= 0.6 is 0 Å². The van der Waals surface area contributed by atoms with E-state index in [2.05, 4.69) is 13.2 Å². The molecular formula is C7H11B. The zero-order chi connectivity index (χ0) is 6.57. The van der Waals surface area contributed by atoms with E-state index in [9.17, 15) is 0 Å². The van der Waals surface area contributed by atoms with Crippen LogP contribution in [0.2, 0.25) is 0 Å². The smallest absolute Gasteiger partial charge is 0.0996 e. The molecule has 0 rings (SSSR count). The first kappa shape index (κ1) is 7.28.